The summed E-state index contributed by atoms with van der Waals surface area (Å²) in [6.45, 7) is 4.76. The number of carbonyl (C=O) groups excluding carboxylic acids is 1. The van der Waals surface area contributed by atoms with Crippen LogP contribution in [-0.4, -0.2) is 28.1 Å². The zero-order valence-corrected chi connectivity index (χ0v) is 26.5. The number of nitrogens with one attached hydrogen (secondary N) is 2. The number of amides is 1. The predicted molar refractivity (Wildman–Crippen MR) is 185 cm³/mol. The second-order valence-electron chi connectivity index (χ2n) is 11.9. The molecule has 2 aliphatic carbocycles. The van der Waals surface area contributed by atoms with E-state index >= 15 is 0 Å². The van der Waals surface area contributed by atoms with Crippen LogP contribution in [0.2, 0.25) is 0 Å². The summed E-state index contributed by atoms with van der Waals surface area (Å²) in [4.78, 5) is 27.4. The van der Waals surface area contributed by atoms with Gasteiger partial charge in [0.2, 0.25) is 5.91 Å². The summed E-state index contributed by atoms with van der Waals surface area (Å²) in [5.74, 6) is 0.604. The molecule has 226 valence electrons. The Labute approximate surface area is 263 Å². The van der Waals surface area contributed by atoms with Gasteiger partial charge in [-0.2, -0.15) is 0 Å². The van der Waals surface area contributed by atoms with Gasteiger partial charge in [0.25, 0.3) is 0 Å². The number of H-pyrrole nitrogens is 1. The van der Waals surface area contributed by atoms with Crippen molar-refractivity contribution < 1.29 is 4.79 Å². The highest BCUT2D eigenvalue weighted by Gasteiger charge is 2.20. The van der Waals surface area contributed by atoms with Gasteiger partial charge < -0.3 is 16.0 Å². The number of aliphatic imine (C=N–C) groups is 1. The molecule has 1 fully saturated rings. The Kier molecular flexibility index (Phi) is 9.22. The van der Waals surface area contributed by atoms with Crippen molar-refractivity contribution in [3.63, 3.8) is 0 Å². The average Bonchev–Trinajstić information content (AvgIpc) is 3.69. The van der Waals surface area contributed by atoms with Crippen LogP contribution in [-0.2, 0) is 4.79 Å². The highest BCUT2D eigenvalue weighted by molar-refractivity contribution is 7.13. The third kappa shape index (κ3) is 6.63. The maximum atomic E-state index is 13.0. The summed E-state index contributed by atoms with van der Waals surface area (Å²) in [7, 11) is 0. The number of nitrogens with zero attached hydrogens (tertiary/aromatic N) is 2. The molecule has 3 aromatic heterocycles. The third-order valence-electron chi connectivity index (χ3n) is 8.63. The predicted octanol–water partition coefficient (Wildman–Crippen LogP) is 8.74. The molecular weight excluding hydrogens is 563 g/mol. The third-order valence-corrected chi connectivity index (χ3v) is 9.50. The molecule has 6 rings (SSSR count). The molecule has 44 heavy (non-hydrogen) atoms. The highest BCUT2D eigenvalue weighted by atomic mass is 32.1. The van der Waals surface area contributed by atoms with Crippen LogP contribution in [0.5, 0.6) is 0 Å². The lowest BCUT2D eigenvalue weighted by Crippen LogP contribution is -2.25. The summed E-state index contributed by atoms with van der Waals surface area (Å²) in [5.41, 5.74) is 16.1. The van der Waals surface area contributed by atoms with Crippen molar-refractivity contribution in [2.75, 3.05) is 12.3 Å². The van der Waals surface area contributed by atoms with Crippen molar-refractivity contribution in [1.82, 2.24) is 15.3 Å². The first-order chi connectivity index (χ1) is 21.5. The molecule has 0 unspecified atom stereocenters. The number of aromatic amines is 1. The Morgan fingerprint density at radius 3 is 2.82 bits per heavy atom. The van der Waals surface area contributed by atoms with Gasteiger partial charge in [0, 0.05) is 47.0 Å². The molecule has 4 N–H and O–H groups in total. The number of rotatable bonds is 8. The molecule has 2 aliphatic rings. The molecule has 0 spiro atoms. The van der Waals surface area contributed by atoms with Gasteiger partial charge in [0.15, 0.2) is 0 Å². The lowest BCUT2D eigenvalue weighted by atomic mass is 9.87. The molecule has 0 aliphatic heterocycles. The molecular formula is C37H41N5OS. The minimum Gasteiger partial charge on any atom is -0.398 e. The molecule has 1 amide bonds. The quantitative estimate of drug-likeness (QED) is 0.139. The molecule has 1 aromatic carbocycles. The first kappa shape index (κ1) is 29.8. The summed E-state index contributed by atoms with van der Waals surface area (Å²) in [6.07, 6.45) is 18.9. The number of pyridine rings is 1. The number of anilines is 1. The standard InChI is InChI=1S/C37H41N5OS/c1-3-39-36(33-23-30-32(42-33)16-17-40-37(30)34-15-10-18-44-34)29-22-28(24(2)19-31(29)38)26-13-8-5-9-14-27(21-26)41-35(43)20-25-11-6-4-7-12-25/h9-10,13-19,21-23,25,42H,3-8,11-12,20,38H2,1-2H3,(H,41,43)/b14-9+,26-13+,27-21+,39-36?. The van der Waals surface area contributed by atoms with Crippen molar-refractivity contribution >= 4 is 45.1 Å². The molecule has 6 nitrogen and oxygen atoms in total. The summed E-state index contributed by atoms with van der Waals surface area (Å²) < 4.78 is 0. The largest absolute Gasteiger partial charge is 0.398 e. The second kappa shape index (κ2) is 13.6. The fourth-order valence-corrected chi connectivity index (χ4v) is 7.20. The summed E-state index contributed by atoms with van der Waals surface area (Å²) >= 11 is 1.68. The fourth-order valence-electron chi connectivity index (χ4n) is 6.46. The van der Waals surface area contributed by atoms with Crippen molar-refractivity contribution in [1.29, 1.82) is 0 Å². The Balaban J connectivity index is 1.35. The number of allylic oxidation sites excluding steroid dienone is 5. The van der Waals surface area contributed by atoms with Crippen molar-refractivity contribution in [3.05, 3.63) is 100 Å². The Morgan fingerprint density at radius 2 is 2.02 bits per heavy atom. The van der Waals surface area contributed by atoms with Gasteiger partial charge in [-0.05, 0) is 110 Å². The van der Waals surface area contributed by atoms with Gasteiger partial charge in [-0.1, -0.05) is 37.5 Å². The van der Waals surface area contributed by atoms with Crippen LogP contribution in [0.15, 0.2) is 83.0 Å². The molecule has 0 saturated heterocycles. The molecule has 0 atom stereocenters. The van der Waals surface area contributed by atoms with E-state index in [9.17, 15) is 4.79 Å². The zero-order chi connectivity index (χ0) is 30.5. The fraction of sp³-hybridized carbons (Fsp3) is 0.324. The molecule has 1 saturated carbocycles. The number of nitrogen functional groups attached to an aromatic ring is 1. The van der Waals surface area contributed by atoms with Gasteiger partial charge in [-0.25, -0.2) is 0 Å². The number of aromatic nitrogens is 2. The molecule has 3 heterocycles. The van der Waals surface area contributed by atoms with Gasteiger partial charge >= 0.3 is 0 Å². The number of hydrogen-bond acceptors (Lipinski definition) is 5. The van der Waals surface area contributed by atoms with Crippen LogP contribution in [0, 0.1) is 12.8 Å². The van der Waals surface area contributed by atoms with Crippen LogP contribution in [0.4, 0.5) is 5.69 Å². The number of hydrogen-bond donors (Lipinski definition) is 3. The maximum absolute atomic E-state index is 13.0. The minimum absolute atomic E-state index is 0.107. The van der Waals surface area contributed by atoms with E-state index in [4.69, 9.17) is 15.7 Å². The summed E-state index contributed by atoms with van der Waals surface area (Å²) in [5, 5.41) is 6.35. The van der Waals surface area contributed by atoms with Gasteiger partial charge in [0.1, 0.15) is 0 Å². The van der Waals surface area contributed by atoms with Gasteiger partial charge in [-0.3, -0.25) is 14.8 Å². The normalized spacial score (nSPS) is 19.5. The second-order valence-corrected chi connectivity index (χ2v) is 12.8. The first-order valence-electron chi connectivity index (χ1n) is 15.9. The van der Waals surface area contributed by atoms with Crippen LogP contribution >= 0.6 is 11.3 Å². The maximum Gasteiger partial charge on any atom is 0.224 e. The molecule has 4 aromatic rings. The van der Waals surface area contributed by atoms with E-state index in [-0.39, 0.29) is 5.91 Å². The lowest BCUT2D eigenvalue weighted by molar-refractivity contribution is -0.121. The van der Waals surface area contributed by atoms with Crippen LogP contribution in [0.3, 0.4) is 0 Å². The first-order valence-corrected chi connectivity index (χ1v) is 16.7. The van der Waals surface area contributed by atoms with E-state index in [2.05, 4.69) is 65.1 Å². The van der Waals surface area contributed by atoms with Crippen LogP contribution in [0.1, 0.15) is 80.7 Å². The zero-order valence-electron chi connectivity index (χ0n) is 25.7. The van der Waals surface area contributed by atoms with Crippen LogP contribution < -0.4 is 11.1 Å². The number of fused-ring (bicyclic) bond motifs is 1. The van der Waals surface area contributed by atoms with E-state index in [1.807, 2.05) is 31.3 Å². The smallest absolute Gasteiger partial charge is 0.224 e. The van der Waals surface area contributed by atoms with Crippen molar-refractivity contribution in [2.45, 2.75) is 65.2 Å². The van der Waals surface area contributed by atoms with E-state index < -0.39 is 0 Å². The van der Waals surface area contributed by atoms with Gasteiger partial charge in [-0.15, -0.1) is 11.3 Å². The topological polar surface area (TPSA) is 96.2 Å². The molecule has 0 bridgehead atoms. The number of benzene rings is 1. The average molecular weight is 604 g/mol. The highest BCUT2D eigenvalue weighted by Crippen LogP contribution is 2.33. The SMILES string of the molecule is CCN=C(c1cc2c(-c3cccs3)nccc2[nH]1)c1cc(C2=C/CC/C=C/C(NC(=O)CC3CCCCC3)=C\2)c(C)cc1N. The van der Waals surface area contributed by atoms with E-state index in [0.29, 0.717) is 24.6 Å². The van der Waals surface area contributed by atoms with Gasteiger partial charge in [0.05, 0.1) is 22.0 Å². The lowest BCUT2D eigenvalue weighted by Gasteiger charge is -2.21. The number of carbonyl (C=O) groups is 1. The monoisotopic (exact) mass is 603 g/mol. The molecule has 7 heteroatoms. The number of aryl methyl sites for hydroxylation is 1. The molecule has 0 radical (unpaired) electrons. The Morgan fingerprint density at radius 1 is 1.16 bits per heavy atom. The number of thiophene rings is 1. The summed E-state index contributed by atoms with van der Waals surface area (Å²) in [6, 6.07) is 12.5. The van der Waals surface area contributed by atoms with E-state index in [0.717, 1.165) is 86.5 Å². The Hall–Kier alpha value is -4.23. The van der Waals surface area contributed by atoms with Crippen molar-refractivity contribution in [3.8, 4) is 10.6 Å². The minimum atomic E-state index is 0.107. The van der Waals surface area contributed by atoms with Crippen molar-refractivity contribution in [2.24, 2.45) is 10.9 Å². The number of nitrogens with two attached hydrogens (primary N) is 1. The van der Waals surface area contributed by atoms with E-state index in [1.165, 1.54) is 19.3 Å². The van der Waals surface area contributed by atoms with E-state index in [1.54, 1.807) is 11.3 Å². The van der Waals surface area contributed by atoms with Crippen LogP contribution in [0.25, 0.3) is 27.0 Å². The Bertz CT molecular complexity index is 1770.